The molecule has 2 N–H and O–H groups in total. The van der Waals surface area contributed by atoms with Gasteiger partial charge in [0.05, 0.1) is 30.6 Å². The number of anilines is 1. The first-order valence-electron chi connectivity index (χ1n) is 12.9. The average Bonchev–Trinajstić information content (AvgIpc) is 3.32. The fourth-order valence-electron chi connectivity index (χ4n) is 4.14. The second-order valence-corrected chi connectivity index (χ2v) is 9.79. The highest BCUT2D eigenvalue weighted by Crippen LogP contribution is 2.38. The van der Waals surface area contributed by atoms with Crippen LogP contribution in [0.15, 0.2) is 53.6 Å². The third kappa shape index (κ3) is 6.92. The maximum absolute atomic E-state index is 12.6. The van der Waals surface area contributed by atoms with Crippen LogP contribution in [0, 0.1) is 0 Å². The molecule has 0 atom stereocenters. The summed E-state index contributed by atoms with van der Waals surface area (Å²) < 4.78 is 16.3. The third-order valence-corrected chi connectivity index (χ3v) is 7.15. The quantitative estimate of drug-likeness (QED) is 0.129. The van der Waals surface area contributed by atoms with Crippen molar-refractivity contribution in [2.24, 2.45) is 5.10 Å². The minimum Gasteiger partial charge on any atom is -0.490 e. The van der Waals surface area contributed by atoms with Gasteiger partial charge in [-0.25, -0.2) is 15.0 Å². The van der Waals surface area contributed by atoms with Crippen molar-refractivity contribution in [3.63, 3.8) is 0 Å². The molecule has 0 fully saturated rings. The third-order valence-electron chi connectivity index (χ3n) is 5.94. The first-order valence-corrected chi connectivity index (χ1v) is 13.7. The molecule has 4 rings (SSSR count). The van der Waals surface area contributed by atoms with Crippen molar-refractivity contribution in [2.75, 3.05) is 18.5 Å². The van der Waals surface area contributed by atoms with Crippen LogP contribution in [0.25, 0.3) is 0 Å². The highest BCUT2D eigenvalue weighted by Gasteiger charge is 2.28. The van der Waals surface area contributed by atoms with Crippen molar-refractivity contribution < 1.29 is 33.4 Å². The standard InChI is InChI=1S/C29H29N3O7S/c1-3-37-22-16-18(14-15-21(22)39-28(35)19-10-6-5-7-11-19)17-30-32-26(34)25(33)31-27-24(29(36)38-4-2)20-12-8-9-13-23(20)40-27/h5-7,10-11,14-17H,3-4,8-9,12-13H2,1-2H3,(H,31,33)(H,32,34)/b30-17+. The topological polar surface area (TPSA) is 132 Å². The van der Waals surface area contributed by atoms with Gasteiger partial charge in [0, 0.05) is 4.88 Å². The summed E-state index contributed by atoms with van der Waals surface area (Å²) >= 11 is 1.29. The van der Waals surface area contributed by atoms with Gasteiger partial charge < -0.3 is 19.5 Å². The number of esters is 2. The van der Waals surface area contributed by atoms with Gasteiger partial charge in [-0.3, -0.25) is 9.59 Å². The van der Waals surface area contributed by atoms with E-state index in [1.807, 2.05) is 0 Å². The van der Waals surface area contributed by atoms with Crippen LogP contribution in [0.5, 0.6) is 11.5 Å². The Kier molecular flexibility index (Phi) is 9.63. The summed E-state index contributed by atoms with van der Waals surface area (Å²) in [5.41, 5.74) is 4.31. The number of thiophene rings is 1. The number of hydrogen-bond donors (Lipinski definition) is 2. The van der Waals surface area contributed by atoms with E-state index < -0.39 is 23.8 Å². The van der Waals surface area contributed by atoms with Gasteiger partial charge in [0.15, 0.2) is 11.5 Å². The number of fused-ring (bicyclic) bond motifs is 1. The normalized spacial score (nSPS) is 12.3. The Bertz CT molecular complexity index is 1430. The molecule has 3 aromatic rings. The number of rotatable bonds is 9. The molecule has 0 spiro atoms. The summed E-state index contributed by atoms with van der Waals surface area (Å²) in [5.74, 6) is -2.46. The summed E-state index contributed by atoms with van der Waals surface area (Å²) in [6.45, 7) is 4.03. The van der Waals surface area contributed by atoms with E-state index in [0.717, 1.165) is 36.1 Å². The maximum atomic E-state index is 12.6. The van der Waals surface area contributed by atoms with Crippen LogP contribution in [0.4, 0.5) is 5.00 Å². The molecule has 0 aliphatic heterocycles. The minimum absolute atomic E-state index is 0.202. The highest BCUT2D eigenvalue weighted by atomic mass is 32.1. The molecule has 0 unspecified atom stereocenters. The lowest BCUT2D eigenvalue weighted by atomic mass is 9.95. The summed E-state index contributed by atoms with van der Waals surface area (Å²) in [7, 11) is 0. The van der Waals surface area contributed by atoms with Gasteiger partial charge >= 0.3 is 23.8 Å². The Labute approximate surface area is 235 Å². The zero-order valence-electron chi connectivity index (χ0n) is 22.2. The van der Waals surface area contributed by atoms with Crippen molar-refractivity contribution in [1.82, 2.24) is 5.43 Å². The van der Waals surface area contributed by atoms with Crippen LogP contribution in [-0.4, -0.2) is 43.2 Å². The fourth-order valence-corrected chi connectivity index (χ4v) is 5.41. The number of amides is 2. The molecular formula is C29H29N3O7S. The number of benzene rings is 2. The molecule has 11 heteroatoms. The molecular weight excluding hydrogens is 534 g/mol. The molecule has 2 amide bonds. The van der Waals surface area contributed by atoms with E-state index in [9.17, 15) is 19.2 Å². The predicted octanol–water partition coefficient (Wildman–Crippen LogP) is 4.51. The SMILES string of the molecule is CCOC(=O)c1c(NC(=O)C(=O)N/N=C/c2ccc(OC(=O)c3ccccc3)c(OCC)c2)sc2c1CCCC2. The number of carbonyl (C=O) groups excluding carboxylic acids is 4. The van der Waals surface area contributed by atoms with E-state index in [2.05, 4.69) is 15.8 Å². The molecule has 1 aromatic heterocycles. The summed E-state index contributed by atoms with van der Waals surface area (Å²) in [5, 5.41) is 6.71. The Morgan fingerprint density at radius 1 is 0.925 bits per heavy atom. The zero-order valence-corrected chi connectivity index (χ0v) is 23.0. The molecule has 1 heterocycles. The Morgan fingerprint density at radius 2 is 1.70 bits per heavy atom. The van der Waals surface area contributed by atoms with E-state index in [1.165, 1.54) is 17.6 Å². The Hall–Kier alpha value is -4.51. The first-order chi connectivity index (χ1) is 19.4. The van der Waals surface area contributed by atoms with E-state index >= 15 is 0 Å². The zero-order chi connectivity index (χ0) is 28.5. The Morgan fingerprint density at radius 3 is 2.45 bits per heavy atom. The Balaban J connectivity index is 1.41. The number of nitrogens with zero attached hydrogens (tertiary/aromatic N) is 1. The number of ether oxygens (including phenoxy) is 3. The van der Waals surface area contributed by atoms with Crippen molar-refractivity contribution >= 4 is 46.3 Å². The molecule has 1 aliphatic carbocycles. The van der Waals surface area contributed by atoms with Gasteiger partial charge in [-0.15, -0.1) is 11.3 Å². The lowest BCUT2D eigenvalue weighted by molar-refractivity contribution is -0.136. The van der Waals surface area contributed by atoms with Gasteiger partial charge in [0.25, 0.3) is 0 Å². The molecule has 0 saturated heterocycles. The fraction of sp³-hybridized carbons (Fsp3) is 0.276. The van der Waals surface area contributed by atoms with Gasteiger partial charge in [-0.05, 0) is 81.0 Å². The molecule has 0 bridgehead atoms. The van der Waals surface area contributed by atoms with Crippen molar-refractivity contribution in [3.8, 4) is 11.5 Å². The van der Waals surface area contributed by atoms with Gasteiger partial charge in [-0.1, -0.05) is 18.2 Å². The first kappa shape index (κ1) is 28.5. The van der Waals surface area contributed by atoms with Crippen LogP contribution < -0.4 is 20.2 Å². The van der Waals surface area contributed by atoms with Crippen LogP contribution in [-0.2, 0) is 27.2 Å². The van der Waals surface area contributed by atoms with Crippen molar-refractivity contribution in [2.45, 2.75) is 39.5 Å². The number of hydrazone groups is 1. The molecule has 208 valence electrons. The number of nitrogens with one attached hydrogen (secondary N) is 2. The minimum atomic E-state index is -1.00. The number of hydrogen-bond acceptors (Lipinski definition) is 9. The second kappa shape index (κ2) is 13.5. The number of carbonyl (C=O) groups is 4. The molecule has 40 heavy (non-hydrogen) atoms. The number of aryl methyl sites for hydroxylation is 1. The average molecular weight is 564 g/mol. The summed E-state index contributed by atoms with van der Waals surface area (Å²) in [6.07, 6.45) is 4.80. The highest BCUT2D eigenvalue weighted by molar-refractivity contribution is 7.17. The largest absolute Gasteiger partial charge is 0.490 e. The lowest BCUT2D eigenvalue weighted by Crippen LogP contribution is -2.32. The summed E-state index contributed by atoms with van der Waals surface area (Å²) in [6, 6.07) is 13.3. The maximum Gasteiger partial charge on any atom is 0.343 e. The van der Waals surface area contributed by atoms with Crippen LogP contribution >= 0.6 is 11.3 Å². The molecule has 1 aliphatic rings. The molecule has 0 saturated carbocycles. The van der Waals surface area contributed by atoms with E-state index in [4.69, 9.17) is 14.2 Å². The second-order valence-electron chi connectivity index (χ2n) is 8.68. The van der Waals surface area contributed by atoms with Crippen LogP contribution in [0.1, 0.15) is 63.4 Å². The van der Waals surface area contributed by atoms with Crippen LogP contribution in [0.2, 0.25) is 0 Å². The smallest absolute Gasteiger partial charge is 0.343 e. The van der Waals surface area contributed by atoms with E-state index in [0.29, 0.717) is 34.0 Å². The van der Waals surface area contributed by atoms with Crippen molar-refractivity contribution in [3.05, 3.63) is 75.7 Å². The lowest BCUT2D eigenvalue weighted by Gasteiger charge is -2.12. The van der Waals surface area contributed by atoms with E-state index in [1.54, 1.807) is 62.4 Å². The molecule has 2 aromatic carbocycles. The van der Waals surface area contributed by atoms with Gasteiger partial charge in [0.2, 0.25) is 0 Å². The van der Waals surface area contributed by atoms with Gasteiger partial charge in [0.1, 0.15) is 5.00 Å². The molecule has 10 nitrogen and oxygen atoms in total. The monoisotopic (exact) mass is 563 g/mol. The van der Waals surface area contributed by atoms with E-state index in [-0.39, 0.29) is 12.4 Å². The molecule has 0 radical (unpaired) electrons. The van der Waals surface area contributed by atoms with Gasteiger partial charge in [-0.2, -0.15) is 5.10 Å². The van der Waals surface area contributed by atoms with Crippen LogP contribution in [0.3, 0.4) is 0 Å². The predicted molar refractivity (Wildman–Crippen MR) is 150 cm³/mol. The summed E-state index contributed by atoms with van der Waals surface area (Å²) in [4.78, 5) is 51.1. The van der Waals surface area contributed by atoms with Crippen molar-refractivity contribution in [1.29, 1.82) is 0 Å².